The lowest BCUT2D eigenvalue weighted by molar-refractivity contribution is 0.0738. The minimum Gasteiger partial charge on any atom is -0.495 e. The quantitative estimate of drug-likeness (QED) is 0.472. The molecular weight excluding hydrogens is 424 g/mol. The van der Waals surface area contributed by atoms with E-state index in [0.29, 0.717) is 19.1 Å². The van der Waals surface area contributed by atoms with Crippen LogP contribution in [0.3, 0.4) is 0 Å². The van der Waals surface area contributed by atoms with Gasteiger partial charge in [-0.15, -0.1) is 0 Å². The Hall–Kier alpha value is -2.95. The Labute approximate surface area is 202 Å². The summed E-state index contributed by atoms with van der Waals surface area (Å²) in [6, 6.07) is 15.9. The Balaban J connectivity index is 1.47. The van der Waals surface area contributed by atoms with Crippen molar-refractivity contribution < 1.29 is 14.3 Å². The minimum atomic E-state index is 0.0188. The van der Waals surface area contributed by atoms with Crippen molar-refractivity contribution in [2.75, 3.05) is 13.7 Å². The molecule has 1 aromatic heterocycles. The maximum Gasteiger partial charge on any atom is 0.253 e. The van der Waals surface area contributed by atoms with Crippen LogP contribution in [0.15, 0.2) is 48.5 Å². The van der Waals surface area contributed by atoms with Crippen LogP contribution in [0.5, 0.6) is 11.5 Å². The van der Waals surface area contributed by atoms with Gasteiger partial charge in [0.15, 0.2) is 0 Å². The van der Waals surface area contributed by atoms with E-state index < -0.39 is 0 Å². The second-order valence-corrected chi connectivity index (χ2v) is 11.0. The second-order valence-electron chi connectivity index (χ2n) is 11.0. The number of para-hydroxylation sites is 2. The third kappa shape index (κ3) is 3.57. The van der Waals surface area contributed by atoms with E-state index in [0.717, 1.165) is 33.7 Å². The van der Waals surface area contributed by atoms with Crippen molar-refractivity contribution in [2.24, 2.45) is 16.7 Å². The Bertz CT molecular complexity index is 1210. The highest BCUT2D eigenvalue weighted by Gasteiger charge is 2.59. The van der Waals surface area contributed by atoms with Crippen LogP contribution >= 0.6 is 0 Å². The molecule has 2 unspecified atom stereocenters. The molecule has 180 valence electrons. The van der Waals surface area contributed by atoms with Gasteiger partial charge in [-0.2, -0.15) is 0 Å². The molecule has 3 aromatic rings. The lowest BCUT2D eigenvalue weighted by Crippen LogP contribution is -2.52. The predicted molar refractivity (Wildman–Crippen MR) is 136 cm³/mol. The van der Waals surface area contributed by atoms with Gasteiger partial charge in [-0.1, -0.05) is 51.1 Å². The summed E-state index contributed by atoms with van der Waals surface area (Å²) < 4.78 is 13.9. The predicted octanol–water partition coefficient (Wildman–Crippen LogP) is 5.98. The van der Waals surface area contributed by atoms with Crippen LogP contribution in [0.1, 0.15) is 56.1 Å². The van der Waals surface area contributed by atoms with Crippen molar-refractivity contribution in [3.63, 3.8) is 0 Å². The monoisotopic (exact) mass is 460 g/mol. The molecule has 2 saturated carbocycles. The fourth-order valence-electron chi connectivity index (χ4n) is 6.87. The molecule has 5 nitrogen and oxygen atoms in total. The van der Waals surface area contributed by atoms with Crippen LogP contribution < -0.4 is 14.8 Å². The molecule has 3 atom stereocenters. The Kier molecular flexibility index (Phi) is 5.62. The van der Waals surface area contributed by atoms with Gasteiger partial charge in [-0.05, 0) is 61.1 Å². The van der Waals surface area contributed by atoms with Crippen molar-refractivity contribution in [3.8, 4) is 11.5 Å². The van der Waals surface area contributed by atoms with E-state index in [9.17, 15) is 4.79 Å². The number of methoxy groups -OCH3 is 1. The van der Waals surface area contributed by atoms with Crippen molar-refractivity contribution >= 4 is 16.8 Å². The Morgan fingerprint density at radius 2 is 1.88 bits per heavy atom. The number of hydrogen-bond donors (Lipinski definition) is 1. The zero-order chi connectivity index (χ0) is 24.1. The largest absolute Gasteiger partial charge is 0.495 e. The standard InChI is InChI=1S/C29H36N2O3/c1-19-24(26(32)30-27-28(2,3)20-14-15-29(27,4)18-20)22-12-9-13-23(33-5)25(22)31(19)16-17-34-21-10-7-6-8-11-21/h6-13,20,27H,14-18H2,1-5H3,(H,30,32)/t20-,27?,29?/m1/s1. The summed E-state index contributed by atoms with van der Waals surface area (Å²) in [4.78, 5) is 13.9. The molecule has 2 bridgehead atoms. The summed E-state index contributed by atoms with van der Waals surface area (Å²) in [7, 11) is 1.68. The Morgan fingerprint density at radius 1 is 1.12 bits per heavy atom. The van der Waals surface area contributed by atoms with Crippen molar-refractivity contribution in [2.45, 2.75) is 59.5 Å². The number of nitrogens with zero attached hydrogens (tertiary/aromatic N) is 1. The lowest BCUT2D eigenvalue weighted by Gasteiger charge is -2.43. The van der Waals surface area contributed by atoms with Crippen LogP contribution in [-0.4, -0.2) is 30.2 Å². The van der Waals surface area contributed by atoms with Crippen LogP contribution in [0.4, 0.5) is 0 Å². The first kappa shape index (κ1) is 22.8. The van der Waals surface area contributed by atoms with E-state index in [1.165, 1.54) is 19.3 Å². The molecule has 1 heterocycles. The molecule has 0 radical (unpaired) electrons. The second kappa shape index (κ2) is 8.37. The van der Waals surface area contributed by atoms with E-state index in [1.54, 1.807) is 7.11 Å². The molecule has 1 N–H and O–H groups in total. The average Bonchev–Trinajstić information content (AvgIpc) is 3.41. The zero-order valence-electron chi connectivity index (χ0n) is 21.0. The number of amides is 1. The van der Waals surface area contributed by atoms with Crippen molar-refractivity contribution in [1.29, 1.82) is 0 Å². The number of hydrogen-bond acceptors (Lipinski definition) is 3. The summed E-state index contributed by atoms with van der Waals surface area (Å²) in [6.07, 6.45) is 3.67. The number of carbonyl (C=O) groups excluding carboxylic acids is 1. The highest BCUT2D eigenvalue weighted by atomic mass is 16.5. The number of fused-ring (bicyclic) bond motifs is 3. The molecule has 2 fully saturated rings. The number of ether oxygens (including phenoxy) is 2. The molecule has 2 aliphatic rings. The molecule has 34 heavy (non-hydrogen) atoms. The average molecular weight is 461 g/mol. The number of benzene rings is 2. The number of carbonyl (C=O) groups is 1. The van der Waals surface area contributed by atoms with Crippen LogP contribution in [0.25, 0.3) is 10.9 Å². The molecule has 5 rings (SSSR count). The summed E-state index contributed by atoms with van der Waals surface area (Å²) >= 11 is 0. The molecule has 2 aromatic carbocycles. The molecule has 2 aliphatic carbocycles. The van der Waals surface area contributed by atoms with E-state index in [-0.39, 0.29) is 22.8 Å². The first-order valence-corrected chi connectivity index (χ1v) is 12.4. The molecule has 0 spiro atoms. The fourth-order valence-corrected chi connectivity index (χ4v) is 6.87. The van der Waals surface area contributed by atoms with Crippen LogP contribution in [0, 0.1) is 23.7 Å². The number of aromatic nitrogens is 1. The van der Waals surface area contributed by atoms with E-state index in [2.05, 4.69) is 30.7 Å². The molecular formula is C29H36N2O3. The van der Waals surface area contributed by atoms with Crippen molar-refractivity contribution in [1.82, 2.24) is 9.88 Å². The molecule has 0 aliphatic heterocycles. The molecule has 0 saturated heterocycles. The van der Waals surface area contributed by atoms with Crippen molar-refractivity contribution in [3.05, 3.63) is 59.8 Å². The fraction of sp³-hybridized carbons (Fsp3) is 0.483. The van der Waals surface area contributed by atoms with Crippen LogP contribution in [0.2, 0.25) is 0 Å². The van der Waals surface area contributed by atoms with Gasteiger partial charge < -0.3 is 19.4 Å². The zero-order valence-corrected chi connectivity index (χ0v) is 21.0. The van der Waals surface area contributed by atoms with Crippen LogP contribution in [-0.2, 0) is 6.54 Å². The van der Waals surface area contributed by atoms with Gasteiger partial charge in [0, 0.05) is 17.1 Å². The van der Waals surface area contributed by atoms with Gasteiger partial charge in [0.1, 0.15) is 18.1 Å². The SMILES string of the molecule is COc1cccc2c(C(=O)NC3C4(C)CC[C@H](C4)C3(C)C)c(C)n(CCOc3ccccc3)c12. The minimum absolute atomic E-state index is 0.0188. The molecule has 5 heteroatoms. The first-order valence-electron chi connectivity index (χ1n) is 12.4. The summed E-state index contributed by atoms with van der Waals surface area (Å²) in [5, 5.41) is 4.43. The topological polar surface area (TPSA) is 52.5 Å². The van der Waals surface area contributed by atoms with Gasteiger partial charge in [-0.25, -0.2) is 0 Å². The Morgan fingerprint density at radius 3 is 2.56 bits per heavy atom. The van der Waals surface area contributed by atoms with E-state index >= 15 is 0 Å². The summed E-state index contributed by atoms with van der Waals surface area (Å²) in [5.41, 5.74) is 2.92. The smallest absolute Gasteiger partial charge is 0.253 e. The van der Waals surface area contributed by atoms with Gasteiger partial charge in [0.2, 0.25) is 0 Å². The van der Waals surface area contributed by atoms with Gasteiger partial charge in [-0.3, -0.25) is 4.79 Å². The van der Waals surface area contributed by atoms with Gasteiger partial charge in [0.05, 0.1) is 24.7 Å². The third-order valence-corrected chi connectivity index (χ3v) is 8.62. The summed E-state index contributed by atoms with van der Waals surface area (Å²) in [5.74, 6) is 2.31. The maximum atomic E-state index is 13.9. The number of nitrogens with one attached hydrogen (secondary N) is 1. The normalized spacial score (nSPS) is 25.0. The highest BCUT2D eigenvalue weighted by molar-refractivity contribution is 6.10. The highest BCUT2D eigenvalue weighted by Crippen LogP contribution is 2.62. The van der Waals surface area contributed by atoms with Gasteiger partial charge >= 0.3 is 0 Å². The number of rotatable bonds is 7. The van der Waals surface area contributed by atoms with E-state index in [4.69, 9.17) is 9.47 Å². The molecule has 1 amide bonds. The summed E-state index contributed by atoms with van der Waals surface area (Å²) in [6.45, 7) is 10.2. The first-order chi connectivity index (χ1) is 16.3. The lowest BCUT2D eigenvalue weighted by atomic mass is 9.68. The maximum absolute atomic E-state index is 13.9. The third-order valence-electron chi connectivity index (χ3n) is 8.62. The van der Waals surface area contributed by atoms with Gasteiger partial charge in [0.25, 0.3) is 5.91 Å². The van der Waals surface area contributed by atoms with E-state index in [1.807, 2.05) is 55.5 Å².